The second-order valence-corrected chi connectivity index (χ2v) is 6.85. The van der Waals surface area contributed by atoms with Crippen molar-refractivity contribution in [3.05, 3.63) is 62.5 Å². The summed E-state index contributed by atoms with van der Waals surface area (Å²) in [5, 5.41) is 0. The molecule has 0 spiro atoms. The van der Waals surface area contributed by atoms with Crippen molar-refractivity contribution in [3.63, 3.8) is 0 Å². The highest BCUT2D eigenvalue weighted by atomic mass is 79.9. The molecule has 0 fully saturated rings. The number of allylic oxidation sites excluding steroid dienone is 1. The molecule has 1 aliphatic rings. The zero-order chi connectivity index (χ0) is 16.2. The smallest absolute Gasteiger partial charge is 0.187 e. The molecule has 1 heterocycles. The fraction of sp³-hybridized carbons (Fsp3) is 0.167. The number of hydrogen-bond donors (Lipinski definition) is 0. The van der Waals surface area contributed by atoms with Crippen molar-refractivity contribution < 1.29 is 14.3 Å². The highest BCUT2D eigenvalue weighted by Crippen LogP contribution is 2.35. The summed E-state index contributed by atoms with van der Waals surface area (Å²) in [6.07, 6.45) is 4.19. The average Bonchev–Trinajstić information content (AvgIpc) is 2.76. The first kappa shape index (κ1) is 16.3. The van der Waals surface area contributed by atoms with Gasteiger partial charge in [0.2, 0.25) is 0 Å². The van der Waals surface area contributed by atoms with Gasteiger partial charge in [-0.2, -0.15) is 0 Å². The summed E-state index contributed by atoms with van der Waals surface area (Å²) >= 11 is 6.86. The van der Waals surface area contributed by atoms with Crippen LogP contribution in [-0.4, -0.2) is 19.0 Å². The van der Waals surface area contributed by atoms with E-state index < -0.39 is 0 Å². The SMILES string of the molecule is O=C(C=Cc1cccc(Br)c1)c1cc2c(cc1Br)OCCCO2. The number of hydrogen-bond acceptors (Lipinski definition) is 3. The molecule has 0 atom stereocenters. The number of rotatable bonds is 3. The number of carbonyl (C=O) groups is 1. The molecule has 0 bridgehead atoms. The Hall–Kier alpha value is -1.59. The number of benzene rings is 2. The summed E-state index contributed by atoms with van der Waals surface area (Å²) in [5.74, 6) is 1.19. The molecular weight excluding hydrogens is 424 g/mol. The van der Waals surface area contributed by atoms with E-state index in [1.165, 1.54) is 0 Å². The number of carbonyl (C=O) groups excluding carboxylic acids is 1. The molecule has 118 valence electrons. The minimum absolute atomic E-state index is 0.0903. The molecule has 0 aromatic heterocycles. The van der Waals surface area contributed by atoms with Crippen molar-refractivity contribution in [3.8, 4) is 11.5 Å². The molecule has 23 heavy (non-hydrogen) atoms. The second-order valence-electron chi connectivity index (χ2n) is 5.08. The maximum absolute atomic E-state index is 12.5. The zero-order valence-electron chi connectivity index (χ0n) is 12.2. The minimum atomic E-state index is -0.0903. The molecule has 0 N–H and O–H groups in total. The van der Waals surface area contributed by atoms with E-state index in [0.717, 1.165) is 16.5 Å². The Balaban J connectivity index is 1.86. The first-order chi connectivity index (χ1) is 11.1. The van der Waals surface area contributed by atoms with E-state index in [4.69, 9.17) is 9.47 Å². The summed E-state index contributed by atoms with van der Waals surface area (Å²) in [6.45, 7) is 1.21. The van der Waals surface area contributed by atoms with Crippen molar-refractivity contribution in [1.29, 1.82) is 0 Å². The molecule has 2 aromatic carbocycles. The van der Waals surface area contributed by atoms with Gasteiger partial charge in [-0.25, -0.2) is 0 Å². The Kier molecular flexibility index (Phi) is 5.18. The summed E-state index contributed by atoms with van der Waals surface area (Å²) in [4.78, 5) is 12.5. The van der Waals surface area contributed by atoms with Crippen LogP contribution in [0.1, 0.15) is 22.3 Å². The molecule has 1 aliphatic heterocycles. The van der Waals surface area contributed by atoms with Gasteiger partial charge in [0.15, 0.2) is 17.3 Å². The molecule has 3 nitrogen and oxygen atoms in total. The Morgan fingerprint density at radius 1 is 1.04 bits per heavy atom. The van der Waals surface area contributed by atoms with E-state index in [2.05, 4.69) is 31.9 Å². The van der Waals surface area contributed by atoms with E-state index in [-0.39, 0.29) is 5.78 Å². The van der Waals surface area contributed by atoms with Gasteiger partial charge in [0.25, 0.3) is 0 Å². The van der Waals surface area contributed by atoms with Gasteiger partial charge >= 0.3 is 0 Å². The molecule has 2 aromatic rings. The van der Waals surface area contributed by atoms with Crippen LogP contribution in [-0.2, 0) is 0 Å². The Bertz CT molecular complexity index is 769. The Morgan fingerprint density at radius 2 is 1.78 bits per heavy atom. The number of ketones is 1. The van der Waals surface area contributed by atoms with Crippen molar-refractivity contribution in [2.75, 3.05) is 13.2 Å². The van der Waals surface area contributed by atoms with Gasteiger partial charge in [-0.05, 0) is 51.8 Å². The standard InChI is InChI=1S/C18H14Br2O3/c19-13-4-1-3-12(9-13)5-6-16(21)14-10-17-18(11-15(14)20)23-8-2-7-22-17/h1,3-6,9-11H,2,7-8H2. The first-order valence-corrected chi connectivity index (χ1v) is 8.79. The van der Waals surface area contributed by atoms with Gasteiger partial charge in [0, 0.05) is 20.9 Å². The predicted molar refractivity (Wildman–Crippen MR) is 97.3 cm³/mol. The van der Waals surface area contributed by atoms with Crippen LogP contribution in [0.25, 0.3) is 6.08 Å². The van der Waals surface area contributed by atoms with Gasteiger partial charge in [0.1, 0.15) is 0 Å². The minimum Gasteiger partial charge on any atom is -0.490 e. The molecule has 5 heteroatoms. The van der Waals surface area contributed by atoms with E-state index >= 15 is 0 Å². The third-order valence-corrected chi connectivity index (χ3v) is 4.53. The summed E-state index contributed by atoms with van der Waals surface area (Å²) in [7, 11) is 0. The lowest BCUT2D eigenvalue weighted by molar-refractivity contribution is 0.104. The predicted octanol–water partition coefficient (Wildman–Crippen LogP) is 5.27. The summed E-state index contributed by atoms with van der Waals surface area (Å²) in [6, 6.07) is 11.3. The van der Waals surface area contributed by atoms with Crippen LogP contribution in [0.2, 0.25) is 0 Å². The molecule has 0 amide bonds. The number of ether oxygens (including phenoxy) is 2. The number of halogens is 2. The van der Waals surface area contributed by atoms with Crippen molar-refractivity contribution in [2.24, 2.45) is 0 Å². The van der Waals surface area contributed by atoms with Gasteiger partial charge in [-0.3, -0.25) is 4.79 Å². The summed E-state index contributed by atoms with van der Waals surface area (Å²) in [5.41, 5.74) is 1.51. The maximum Gasteiger partial charge on any atom is 0.187 e. The third-order valence-electron chi connectivity index (χ3n) is 3.38. The van der Waals surface area contributed by atoms with Gasteiger partial charge in [-0.15, -0.1) is 0 Å². The van der Waals surface area contributed by atoms with Crippen molar-refractivity contribution in [1.82, 2.24) is 0 Å². The van der Waals surface area contributed by atoms with Crippen LogP contribution < -0.4 is 9.47 Å². The van der Waals surface area contributed by atoms with Crippen LogP contribution >= 0.6 is 31.9 Å². The zero-order valence-corrected chi connectivity index (χ0v) is 15.4. The normalized spacial score (nSPS) is 13.8. The topological polar surface area (TPSA) is 35.5 Å². The third kappa shape index (κ3) is 4.03. The van der Waals surface area contributed by atoms with E-state index in [0.29, 0.717) is 34.7 Å². The van der Waals surface area contributed by atoms with Crippen molar-refractivity contribution in [2.45, 2.75) is 6.42 Å². The monoisotopic (exact) mass is 436 g/mol. The fourth-order valence-corrected chi connectivity index (χ4v) is 3.18. The molecule has 0 radical (unpaired) electrons. The molecular formula is C18H14Br2O3. The van der Waals surface area contributed by atoms with Crippen LogP contribution in [0.3, 0.4) is 0 Å². The molecule has 3 rings (SSSR count). The molecule has 0 saturated heterocycles. The van der Waals surface area contributed by atoms with Gasteiger partial charge in [-0.1, -0.05) is 34.1 Å². The van der Waals surface area contributed by atoms with E-state index in [1.54, 1.807) is 24.3 Å². The fourth-order valence-electron chi connectivity index (χ4n) is 2.24. The van der Waals surface area contributed by atoms with Crippen LogP contribution in [0.5, 0.6) is 11.5 Å². The van der Waals surface area contributed by atoms with E-state index in [1.807, 2.05) is 24.3 Å². The maximum atomic E-state index is 12.5. The molecule has 0 aliphatic carbocycles. The van der Waals surface area contributed by atoms with Crippen LogP contribution in [0.15, 0.2) is 51.4 Å². The molecule has 0 saturated carbocycles. The highest BCUT2D eigenvalue weighted by molar-refractivity contribution is 9.10. The summed E-state index contributed by atoms with van der Waals surface area (Å²) < 4.78 is 12.9. The Labute approximate surface area is 151 Å². The quantitative estimate of drug-likeness (QED) is 0.484. The van der Waals surface area contributed by atoms with Crippen LogP contribution in [0.4, 0.5) is 0 Å². The second kappa shape index (κ2) is 7.32. The number of fused-ring (bicyclic) bond motifs is 1. The van der Waals surface area contributed by atoms with E-state index in [9.17, 15) is 4.79 Å². The highest BCUT2D eigenvalue weighted by Gasteiger charge is 2.16. The van der Waals surface area contributed by atoms with Gasteiger partial charge in [0.05, 0.1) is 13.2 Å². The van der Waals surface area contributed by atoms with Crippen molar-refractivity contribution >= 4 is 43.7 Å². The lowest BCUT2D eigenvalue weighted by Gasteiger charge is -2.10. The largest absolute Gasteiger partial charge is 0.490 e. The first-order valence-electron chi connectivity index (χ1n) is 7.20. The average molecular weight is 438 g/mol. The molecule has 0 unspecified atom stereocenters. The van der Waals surface area contributed by atoms with Gasteiger partial charge < -0.3 is 9.47 Å². The Morgan fingerprint density at radius 3 is 2.52 bits per heavy atom. The lowest BCUT2D eigenvalue weighted by atomic mass is 10.1. The lowest BCUT2D eigenvalue weighted by Crippen LogP contribution is -1.99. The van der Waals surface area contributed by atoms with Crippen LogP contribution in [0, 0.1) is 0 Å².